The average molecular weight is 385 g/mol. The number of ether oxygens (including phenoxy) is 3. The smallest absolute Gasteiger partial charge is 0.252 e. The maximum absolute atomic E-state index is 12.7. The van der Waals surface area contributed by atoms with Crippen LogP contribution in [0.4, 0.5) is 0 Å². The van der Waals surface area contributed by atoms with Gasteiger partial charge in [0.1, 0.15) is 23.2 Å². The van der Waals surface area contributed by atoms with Gasteiger partial charge in [0, 0.05) is 31.2 Å². The van der Waals surface area contributed by atoms with Crippen LogP contribution in [0.2, 0.25) is 0 Å². The largest absolute Gasteiger partial charge is 0.494 e. The minimum absolute atomic E-state index is 0. The van der Waals surface area contributed by atoms with Crippen LogP contribution in [0, 0.1) is 0 Å². The van der Waals surface area contributed by atoms with E-state index in [4.69, 9.17) is 14.2 Å². The maximum Gasteiger partial charge on any atom is 0.252 e. The predicted octanol–water partition coefficient (Wildman–Crippen LogP) is 2.22. The Balaban J connectivity index is 0.00000243. The predicted molar refractivity (Wildman–Crippen MR) is 102 cm³/mol. The summed E-state index contributed by atoms with van der Waals surface area (Å²) in [7, 11) is 1.61. The highest BCUT2D eigenvalue weighted by molar-refractivity contribution is 5.85. The first kappa shape index (κ1) is 20.8. The minimum atomic E-state index is -0.737. The number of nitrogens with one attached hydrogen (secondary N) is 2. The highest BCUT2D eigenvalue weighted by atomic mass is 35.5. The van der Waals surface area contributed by atoms with Crippen LogP contribution in [0.25, 0.3) is 0 Å². The lowest BCUT2D eigenvalue weighted by molar-refractivity contribution is -0.146. The molecule has 0 spiro atoms. The molecule has 7 heteroatoms. The van der Waals surface area contributed by atoms with E-state index in [1.807, 2.05) is 19.1 Å². The van der Waals surface area contributed by atoms with Gasteiger partial charge in [0.25, 0.3) is 5.91 Å². The van der Waals surface area contributed by atoms with E-state index in [-0.39, 0.29) is 24.4 Å². The Morgan fingerprint density at radius 2 is 2.12 bits per heavy atom. The summed E-state index contributed by atoms with van der Waals surface area (Å²) < 4.78 is 17.2. The molecule has 0 aliphatic carbocycles. The molecule has 2 aliphatic rings. The monoisotopic (exact) mass is 384 g/mol. The second-order valence-corrected chi connectivity index (χ2v) is 6.76. The molecule has 1 unspecified atom stereocenters. The minimum Gasteiger partial charge on any atom is -0.494 e. The molecule has 6 nitrogen and oxygen atoms in total. The van der Waals surface area contributed by atoms with Gasteiger partial charge < -0.3 is 24.8 Å². The summed E-state index contributed by atoms with van der Waals surface area (Å²) in [5.74, 6) is 1.65. The van der Waals surface area contributed by atoms with E-state index in [2.05, 4.69) is 17.6 Å². The van der Waals surface area contributed by atoms with Gasteiger partial charge >= 0.3 is 0 Å². The van der Waals surface area contributed by atoms with Crippen molar-refractivity contribution in [1.29, 1.82) is 0 Å². The Morgan fingerprint density at radius 1 is 1.38 bits per heavy atom. The van der Waals surface area contributed by atoms with Crippen molar-refractivity contribution in [2.24, 2.45) is 0 Å². The molecule has 1 fully saturated rings. The first-order valence-electron chi connectivity index (χ1n) is 9.07. The van der Waals surface area contributed by atoms with E-state index in [0.717, 1.165) is 42.1 Å². The van der Waals surface area contributed by atoms with Crippen molar-refractivity contribution in [3.63, 3.8) is 0 Å². The number of methoxy groups -OCH3 is 1. The Labute approximate surface area is 161 Å². The van der Waals surface area contributed by atoms with E-state index in [0.29, 0.717) is 26.0 Å². The van der Waals surface area contributed by atoms with E-state index >= 15 is 0 Å². The SMILES string of the molecule is CCOc1cc2c(cc1CNC(=O)C1(OC)CCNCC1)OC(C)C2.Cl. The number of rotatable bonds is 6. The van der Waals surface area contributed by atoms with Crippen LogP contribution in [-0.4, -0.2) is 44.4 Å². The highest BCUT2D eigenvalue weighted by Gasteiger charge is 2.39. The molecule has 1 aromatic carbocycles. The van der Waals surface area contributed by atoms with Crippen molar-refractivity contribution in [3.8, 4) is 11.5 Å². The van der Waals surface area contributed by atoms with E-state index < -0.39 is 5.60 Å². The lowest BCUT2D eigenvalue weighted by Crippen LogP contribution is -2.53. The fraction of sp³-hybridized carbons (Fsp3) is 0.632. The number of halogens is 1. The first-order valence-corrected chi connectivity index (χ1v) is 9.07. The number of hydrogen-bond donors (Lipinski definition) is 2. The van der Waals surface area contributed by atoms with Crippen LogP contribution in [-0.2, 0) is 22.5 Å². The summed E-state index contributed by atoms with van der Waals surface area (Å²) >= 11 is 0. The number of hydrogen-bond acceptors (Lipinski definition) is 5. The third kappa shape index (κ3) is 4.24. The number of fused-ring (bicyclic) bond motifs is 1. The van der Waals surface area contributed by atoms with Crippen LogP contribution in [0.5, 0.6) is 11.5 Å². The van der Waals surface area contributed by atoms with E-state index in [1.54, 1.807) is 7.11 Å². The van der Waals surface area contributed by atoms with Crippen LogP contribution >= 0.6 is 12.4 Å². The standard InChI is InChI=1S/C19H28N2O4.ClH/c1-4-24-16-10-14-9-13(2)25-17(14)11-15(16)12-21-18(22)19(23-3)5-7-20-8-6-19;/h10-11,13,20H,4-9,12H2,1-3H3,(H,21,22);1H. The summed E-state index contributed by atoms with van der Waals surface area (Å²) in [6, 6.07) is 4.03. The Hall–Kier alpha value is -1.50. The second-order valence-electron chi connectivity index (χ2n) is 6.76. The Bertz CT molecular complexity index is 632. The lowest BCUT2D eigenvalue weighted by Gasteiger charge is -2.34. The molecule has 0 aromatic heterocycles. The number of piperidine rings is 1. The third-order valence-corrected chi connectivity index (χ3v) is 5.03. The highest BCUT2D eigenvalue weighted by Crippen LogP contribution is 2.35. The molecule has 0 radical (unpaired) electrons. The molecule has 26 heavy (non-hydrogen) atoms. The molecule has 1 aromatic rings. The second kappa shape index (κ2) is 8.93. The van der Waals surface area contributed by atoms with Gasteiger partial charge in [-0.05, 0) is 51.9 Å². The Morgan fingerprint density at radius 3 is 2.77 bits per heavy atom. The van der Waals surface area contributed by atoms with Gasteiger partial charge in [-0.2, -0.15) is 0 Å². The number of benzene rings is 1. The van der Waals surface area contributed by atoms with Gasteiger partial charge in [-0.25, -0.2) is 0 Å². The zero-order chi connectivity index (χ0) is 17.9. The first-order chi connectivity index (χ1) is 12.1. The van der Waals surface area contributed by atoms with Gasteiger partial charge in [0.15, 0.2) is 0 Å². The summed E-state index contributed by atoms with van der Waals surface area (Å²) in [6.45, 7) is 6.58. The molecular weight excluding hydrogens is 356 g/mol. The van der Waals surface area contributed by atoms with E-state index in [9.17, 15) is 4.79 Å². The summed E-state index contributed by atoms with van der Waals surface area (Å²) in [5, 5.41) is 6.30. The van der Waals surface area contributed by atoms with Gasteiger partial charge in [-0.15, -0.1) is 12.4 Å². The number of carbonyl (C=O) groups is 1. The van der Waals surface area contributed by atoms with Crippen LogP contribution in [0.3, 0.4) is 0 Å². The number of amides is 1. The van der Waals surface area contributed by atoms with Crippen molar-refractivity contribution >= 4 is 18.3 Å². The van der Waals surface area contributed by atoms with Crippen LogP contribution in [0.15, 0.2) is 12.1 Å². The molecule has 146 valence electrons. The zero-order valence-electron chi connectivity index (χ0n) is 15.7. The lowest BCUT2D eigenvalue weighted by atomic mass is 9.91. The van der Waals surface area contributed by atoms with E-state index in [1.165, 1.54) is 0 Å². The fourth-order valence-corrected chi connectivity index (χ4v) is 3.60. The van der Waals surface area contributed by atoms with Gasteiger partial charge in [-0.3, -0.25) is 4.79 Å². The van der Waals surface area contributed by atoms with Crippen molar-refractivity contribution in [2.45, 2.75) is 51.4 Å². The molecule has 3 rings (SSSR count). The summed E-state index contributed by atoms with van der Waals surface area (Å²) in [5.41, 5.74) is 1.36. The number of carbonyl (C=O) groups excluding carboxylic acids is 1. The normalized spacial score (nSPS) is 20.5. The molecule has 1 amide bonds. The molecule has 1 atom stereocenters. The Kier molecular flexibility index (Phi) is 7.15. The van der Waals surface area contributed by atoms with Crippen molar-refractivity contribution in [2.75, 3.05) is 26.8 Å². The van der Waals surface area contributed by atoms with Crippen LogP contribution < -0.4 is 20.1 Å². The molecule has 0 saturated carbocycles. The van der Waals surface area contributed by atoms with Crippen molar-refractivity contribution in [3.05, 3.63) is 23.3 Å². The van der Waals surface area contributed by atoms with Gasteiger partial charge in [0.2, 0.25) is 0 Å². The molecule has 2 N–H and O–H groups in total. The van der Waals surface area contributed by atoms with Gasteiger partial charge in [0.05, 0.1) is 6.61 Å². The van der Waals surface area contributed by atoms with Gasteiger partial charge in [-0.1, -0.05) is 0 Å². The maximum atomic E-state index is 12.7. The average Bonchev–Trinajstić information content (AvgIpc) is 2.99. The summed E-state index contributed by atoms with van der Waals surface area (Å²) in [6.07, 6.45) is 2.43. The topological polar surface area (TPSA) is 68.8 Å². The zero-order valence-corrected chi connectivity index (χ0v) is 16.5. The van der Waals surface area contributed by atoms with Crippen LogP contribution in [0.1, 0.15) is 37.8 Å². The molecule has 0 bridgehead atoms. The fourth-order valence-electron chi connectivity index (χ4n) is 3.60. The van der Waals surface area contributed by atoms with Crippen molar-refractivity contribution in [1.82, 2.24) is 10.6 Å². The third-order valence-electron chi connectivity index (χ3n) is 5.03. The van der Waals surface area contributed by atoms with Crippen molar-refractivity contribution < 1.29 is 19.0 Å². The molecule has 2 aliphatic heterocycles. The summed E-state index contributed by atoms with van der Waals surface area (Å²) in [4.78, 5) is 12.7. The molecule has 2 heterocycles. The molecular formula is C19H29ClN2O4. The quantitative estimate of drug-likeness (QED) is 0.787. The molecule has 1 saturated heterocycles.